The summed E-state index contributed by atoms with van der Waals surface area (Å²) in [6, 6.07) is 0. The number of carbonyl (C=O) groups is 1. The lowest BCUT2D eigenvalue weighted by Crippen LogP contribution is -2.23. The molecule has 1 heterocycles. The van der Waals surface area contributed by atoms with Crippen LogP contribution >= 0.6 is 0 Å². The summed E-state index contributed by atoms with van der Waals surface area (Å²) in [5.74, 6) is -2.34. The van der Waals surface area contributed by atoms with Crippen LogP contribution in [0.1, 0.15) is 64.7 Å². The van der Waals surface area contributed by atoms with Crippen LogP contribution in [0.15, 0.2) is 36.5 Å². The first-order valence-electron chi connectivity index (χ1n) is 8.26. The first-order chi connectivity index (χ1) is 10.7. The van der Waals surface area contributed by atoms with Crippen molar-refractivity contribution in [1.29, 1.82) is 0 Å². The van der Waals surface area contributed by atoms with E-state index < -0.39 is 11.8 Å². The molecule has 22 heavy (non-hydrogen) atoms. The standard InChI is InChI=1S/C18H28O4/c1-2-3-4-5-6-7-8-9-10-11-12-13-14-15-16-18(17(19)20)21-22-18/h3-4,6-7,9-10H,2,5,8,11-16H2,1H3,(H,19,20)/b4-3-,7-6-,10-9-. The number of hydrogen-bond donors (Lipinski definition) is 1. The molecule has 4 heteroatoms. The van der Waals surface area contributed by atoms with Gasteiger partial charge in [0, 0.05) is 6.42 Å². The molecule has 0 bridgehead atoms. The molecule has 1 N–H and O–H groups in total. The van der Waals surface area contributed by atoms with Gasteiger partial charge in [-0.15, -0.1) is 0 Å². The molecular weight excluding hydrogens is 280 g/mol. The molecule has 0 aromatic carbocycles. The van der Waals surface area contributed by atoms with E-state index in [4.69, 9.17) is 5.11 Å². The number of allylic oxidation sites excluding steroid dienone is 6. The summed E-state index contributed by atoms with van der Waals surface area (Å²) in [4.78, 5) is 19.9. The van der Waals surface area contributed by atoms with Crippen molar-refractivity contribution in [3.8, 4) is 0 Å². The van der Waals surface area contributed by atoms with Gasteiger partial charge in [-0.2, -0.15) is 9.78 Å². The fourth-order valence-corrected chi connectivity index (χ4v) is 2.11. The highest BCUT2D eigenvalue weighted by molar-refractivity contribution is 5.76. The molecule has 1 rings (SSSR count). The molecule has 1 fully saturated rings. The third-order valence-electron chi connectivity index (χ3n) is 3.52. The minimum absolute atomic E-state index is 0.440. The molecule has 0 unspecified atom stereocenters. The van der Waals surface area contributed by atoms with E-state index >= 15 is 0 Å². The average Bonchev–Trinajstić information content (AvgIpc) is 3.29. The lowest BCUT2D eigenvalue weighted by Gasteiger charge is -2.01. The lowest BCUT2D eigenvalue weighted by molar-refractivity contribution is -0.144. The summed E-state index contributed by atoms with van der Waals surface area (Å²) >= 11 is 0. The molecule has 124 valence electrons. The predicted octanol–water partition coefficient (Wildman–Crippen LogP) is 4.93. The number of rotatable bonds is 13. The van der Waals surface area contributed by atoms with Crippen LogP contribution in [0.5, 0.6) is 0 Å². The van der Waals surface area contributed by atoms with Gasteiger partial charge in [-0.05, 0) is 38.5 Å². The van der Waals surface area contributed by atoms with E-state index in [0.717, 1.165) is 51.4 Å². The van der Waals surface area contributed by atoms with E-state index in [1.807, 2.05) is 0 Å². The molecule has 0 radical (unpaired) electrons. The molecular formula is C18H28O4. The molecule has 0 atom stereocenters. The Kier molecular flexibility index (Phi) is 9.51. The minimum Gasteiger partial charge on any atom is -0.477 e. The molecule has 1 aliphatic rings. The van der Waals surface area contributed by atoms with Crippen LogP contribution in [0.25, 0.3) is 0 Å². The zero-order chi connectivity index (χ0) is 16.1. The van der Waals surface area contributed by atoms with Gasteiger partial charge in [-0.1, -0.05) is 56.2 Å². The summed E-state index contributed by atoms with van der Waals surface area (Å²) in [7, 11) is 0. The quantitative estimate of drug-likeness (QED) is 0.227. The van der Waals surface area contributed by atoms with Gasteiger partial charge in [0.1, 0.15) is 0 Å². The van der Waals surface area contributed by atoms with Crippen molar-refractivity contribution in [3.63, 3.8) is 0 Å². The molecule has 4 nitrogen and oxygen atoms in total. The van der Waals surface area contributed by atoms with Crippen LogP contribution in [0.3, 0.4) is 0 Å². The Balaban J connectivity index is 1.88. The van der Waals surface area contributed by atoms with E-state index in [1.54, 1.807) is 0 Å². The topological polar surface area (TPSA) is 62.4 Å². The van der Waals surface area contributed by atoms with Gasteiger partial charge in [0.15, 0.2) is 0 Å². The number of unbranched alkanes of at least 4 members (excludes halogenated alkanes) is 4. The number of aliphatic carboxylic acids is 1. The van der Waals surface area contributed by atoms with Crippen molar-refractivity contribution in [2.45, 2.75) is 70.5 Å². The van der Waals surface area contributed by atoms with Crippen LogP contribution in [0.2, 0.25) is 0 Å². The Morgan fingerprint density at radius 3 is 2.09 bits per heavy atom. The normalized spacial score (nSPS) is 17.0. The molecule has 0 amide bonds. The van der Waals surface area contributed by atoms with Gasteiger partial charge in [0.25, 0.3) is 0 Å². The lowest BCUT2D eigenvalue weighted by atomic mass is 10.1. The molecule has 1 saturated heterocycles. The summed E-state index contributed by atoms with van der Waals surface area (Å²) in [5.41, 5.74) is 0. The second-order valence-electron chi connectivity index (χ2n) is 5.47. The van der Waals surface area contributed by atoms with Crippen LogP contribution < -0.4 is 0 Å². The third kappa shape index (κ3) is 8.15. The van der Waals surface area contributed by atoms with Gasteiger partial charge >= 0.3 is 11.8 Å². The van der Waals surface area contributed by atoms with Crippen molar-refractivity contribution < 1.29 is 19.7 Å². The maximum atomic E-state index is 10.8. The summed E-state index contributed by atoms with van der Waals surface area (Å²) in [6.45, 7) is 2.14. The van der Waals surface area contributed by atoms with Gasteiger partial charge in [-0.3, -0.25) is 0 Å². The van der Waals surface area contributed by atoms with Crippen molar-refractivity contribution >= 4 is 5.97 Å². The molecule has 1 aliphatic heterocycles. The fourth-order valence-electron chi connectivity index (χ4n) is 2.11. The Morgan fingerprint density at radius 2 is 1.50 bits per heavy atom. The van der Waals surface area contributed by atoms with Crippen molar-refractivity contribution in [2.24, 2.45) is 0 Å². The van der Waals surface area contributed by atoms with E-state index in [0.29, 0.717) is 6.42 Å². The largest absolute Gasteiger partial charge is 0.477 e. The van der Waals surface area contributed by atoms with Gasteiger partial charge in [0.05, 0.1) is 0 Å². The summed E-state index contributed by atoms with van der Waals surface area (Å²) < 4.78 is 0. The molecule has 0 aliphatic carbocycles. The van der Waals surface area contributed by atoms with E-state index in [-0.39, 0.29) is 0 Å². The second-order valence-corrected chi connectivity index (χ2v) is 5.47. The van der Waals surface area contributed by atoms with Gasteiger partial charge in [-0.25, -0.2) is 4.79 Å². The van der Waals surface area contributed by atoms with Crippen molar-refractivity contribution in [1.82, 2.24) is 0 Å². The fraction of sp³-hybridized carbons (Fsp3) is 0.611. The van der Waals surface area contributed by atoms with Gasteiger partial charge < -0.3 is 5.11 Å². The maximum Gasteiger partial charge on any atom is 0.370 e. The molecule has 0 spiro atoms. The monoisotopic (exact) mass is 308 g/mol. The Morgan fingerprint density at radius 1 is 0.909 bits per heavy atom. The highest BCUT2D eigenvalue weighted by atomic mass is 17.4. The first-order valence-corrected chi connectivity index (χ1v) is 8.26. The van der Waals surface area contributed by atoms with Crippen LogP contribution in [-0.2, 0) is 14.6 Å². The van der Waals surface area contributed by atoms with E-state index in [9.17, 15) is 4.79 Å². The molecule has 0 aromatic heterocycles. The smallest absolute Gasteiger partial charge is 0.370 e. The minimum atomic E-state index is -1.32. The average molecular weight is 308 g/mol. The SMILES string of the molecule is CC/C=C\C/C=C\C/C=C\CCCCCCC1(C(=O)O)OO1. The highest BCUT2D eigenvalue weighted by Crippen LogP contribution is 2.35. The highest BCUT2D eigenvalue weighted by Gasteiger charge is 2.56. The maximum absolute atomic E-state index is 10.8. The van der Waals surface area contributed by atoms with Crippen LogP contribution in [-0.4, -0.2) is 16.9 Å². The van der Waals surface area contributed by atoms with Crippen molar-refractivity contribution in [3.05, 3.63) is 36.5 Å². The zero-order valence-corrected chi connectivity index (χ0v) is 13.5. The Bertz CT molecular complexity index is 392. The Hall–Kier alpha value is -1.39. The van der Waals surface area contributed by atoms with E-state index in [2.05, 4.69) is 53.2 Å². The van der Waals surface area contributed by atoms with E-state index in [1.165, 1.54) is 0 Å². The van der Waals surface area contributed by atoms with Crippen LogP contribution in [0, 0.1) is 0 Å². The Labute approximate surface area is 133 Å². The van der Waals surface area contributed by atoms with Crippen molar-refractivity contribution in [2.75, 3.05) is 0 Å². The number of carboxylic acid groups (broad SMARTS) is 1. The second kappa shape index (κ2) is 11.2. The van der Waals surface area contributed by atoms with Crippen LogP contribution in [0.4, 0.5) is 0 Å². The number of carboxylic acids is 1. The van der Waals surface area contributed by atoms with Gasteiger partial charge in [0.2, 0.25) is 0 Å². The predicted molar refractivity (Wildman–Crippen MR) is 87.2 cm³/mol. The molecule has 0 saturated carbocycles. The number of hydrogen-bond acceptors (Lipinski definition) is 3. The molecule has 0 aromatic rings. The third-order valence-corrected chi connectivity index (χ3v) is 3.52. The summed E-state index contributed by atoms with van der Waals surface area (Å²) in [6.07, 6.45) is 21.9. The zero-order valence-electron chi connectivity index (χ0n) is 13.5. The first kappa shape index (κ1) is 18.7. The summed E-state index contributed by atoms with van der Waals surface area (Å²) in [5, 5.41) is 8.84.